The fourth-order valence-electron chi connectivity index (χ4n) is 2.43. The van der Waals surface area contributed by atoms with Gasteiger partial charge in [0, 0.05) is 0 Å². The van der Waals surface area contributed by atoms with Crippen molar-refractivity contribution < 1.29 is 75.9 Å². The second-order valence-electron chi connectivity index (χ2n) is 6.04. The van der Waals surface area contributed by atoms with Gasteiger partial charge in [-0.25, -0.2) is 13.7 Å². The summed E-state index contributed by atoms with van der Waals surface area (Å²) in [5.74, 6) is 0. The SMILES string of the molecule is O=P(O)(O)O[C@H]1[C@@H](O)CO[C@@H]1COP(=O)(O)OP(=O)(O)OC[C@H]1OC[C@H](O)[C@@H]1O. The van der Waals surface area contributed by atoms with E-state index in [4.69, 9.17) is 19.3 Å². The summed E-state index contributed by atoms with van der Waals surface area (Å²) in [6, 6.07) is 0. The van der Waals surface area contributed by atoms with Crippen molar-refractivity contribution in [1.29, 1.82) is 0 Å². The molecule has 2 aliphatic heterocycles. The van der Waals surface area contributed by atoms with Crippen molar-refractivity contribution in [2.24, 2.45) is 0 Å². The number of aliphatic hydroxyl groups excluding tert-OH is 3. The standard InChI is InChI=1S/C10H21O16P3/c11-5-1-21-7(9(5)13)3-23-28(17,18)26-29(19,20)24-4-8-10(6(12)2-22-8)25-27(14,15)16/h5-13H,1-4H2,(H,17,18)(H,19,20)(H2,14,15,16)/t5-,6-,7+,8+,9-,10-/m0/s1. The minimum Gasteiger partial charge on any atom is -0.388 e. The average Bonchev–Trinajstić information content (AvgIpc) is 3.05. The van der Waals surface area contributed by atoms with Crippen LogP contribution in [0, 0.1) is 0 Å². The first-order chi connectivity index (χ1) is 13.2. The lowest BCUT2D eigenvalue weighted by Gasteiger charge is -2.22. The van der Waals surface area contributed by atoms with Gasteiger partial charge >= 0.3 is 23.5 Å². The molecule has 7 N–H and O–H groups in total. The molecule has 2 heterocycles. The molecule has 0 bridgehead atoms. The molecule has 29 heavy (non-hydrogen) atoms. The van der Waals surface area contributed by atoms with Gasteiger partial charge in [0.2, 0.25) is 0 Å². The number of hydrogen-bond acceptors (Lipinski definition) is 12. The highest BCUT2D eigenvalue weighted by atomic mass is 31.3. The van der Waals surface area contributed by atoms with Crippen LogP contribution in [-0.4, -0.2) is 97.9 Å². The summed E-state index contributed by atoms with van der Waals surface area (Å²) in [7, 11) is -15.5. The van der Waals surface area contributed by atoms with Crippen LogP contribution >= 0.6 is 23.5 Å². The summed E-state index contributed by atoms with van der Waals surface area (Å²) in [6.07, 6.45) is -8.34. The molecule has 2 unspecified atom stereocenters. The van der Waals surface area contributed by atoms with Gasteiger partial charge < -0.3 is 44.4 Å². The Hall–Kier alpha value is 0.170. The van der Waals surface area contributed by atoms with Crippen molar-refractivity contribution in [3.8, 4) is 0 Å². The second kappa shape index (κ2) is 9.76. The van der Waals surface area contributed by atoms with Crippen LogP contribution in [0.3, 0.4) is 0 Å². The monoisotopic (exact) mass is 490 g/mol. The van der Waals surface area contributed by atoms with Crippen molar-refractivity contribution in [3.05, 3.63) is 0 Å². The third-order valence-corrected chi connectivity index (χ3v) is 6.87. The number of ether oxygens (including phenoxy) is 2. The molecule has 0 amide bonds. The number of phosphoric acid groups is 3. The predicted octanol–water partition coefficient (Wildman–Crippen LogP) is -2.40. The number of hydrogen-bond donors (Lipinski definition) is 7. The minimum absolute atomic E-state index is 0.252. The number of phosphoric ester groups is 3. The minimum atomic E-state index is -5.25. The van der Waals surface area contributed by atoms with E-state index in [0.29, 0.717) is 0 Å². The highest BCUT2D eigenvalue weighted by Crippen LogP contribution is 2.60. The average molecular weight is 490 g/mol. The van der Waals surface area contributed by atoms with Crippen molar-refractivity contribution in [1.82, 2.24) is 0 Å². The molecule has 2 fully saturated rings. The second-order valence-corrected chi connectivity index (χ2v) is 10.3. The molecular formula is C10H21O16P3. The molecule has 16 nitrogen and oxygen atoms in total. The Morgan fingerprint density at radius 3 is 1.76 bits per heavy atom. The molecule has 8 atom stereocenters. The van der Waals surface area contributed by atoms with Crippen molar-refractivity contribution >= 4 is 23.5 Å². The van der Waals surface area contributed by atoms with E-state index in [1.54, 1.807) is 0 Å². The Morgan fingerprint density at radius 2 is 1.28 bits per heavy atom. The van der Waals surface area contributed by atoms with E-state index < -0.39 is 79.9 Å². The van der Waals surface area contributed by atoms with Crippen LogP contribution in [0.4, 0.5) is 0 Å². The summed E-state index contributed by atoms with van der Waals surface area (Å²) in [6.45, 7) is -2.35. The zero-order valence-corrected chi connectivity index (χ0v) is 17.1. The van der Waals surface area contributed by atoms with E-state index in [1.165, 1.54) is 0 Å². The summed E-state index contributed by atoms with van der Waals surface area (Å²) in [5.41, 5.74) is 0. The maximum Gasteiger partial charge on any atom is 0.481 e. The maximum atomic E-state index is 11.8. The highest BCUT2D eigenvalue weighted by Gasteiger charge is 2.44. The Labute approximate surface area is 163 Å². The zero-order chi connectivity index (χ0) is 22.0. The number of rotatable bonds is 10. The summed E-state index contributed by atoms with van der Waals surface area (Å²) in [4.78, 5) is 36.7. The first kappa shape index (κ1) is 25.4. The molecule has 0 aliphatic carbocycles. The van der Waals surface area contributed by atoms with Crippen LogP contribution in [0.1, 0.15) is 0 Å². The molecule has 0 aromatic carbocycles. The predicted molar refractivity (Wildman–Crippen MR) is 87.1 cm³/mol. The van der Waals surface area contributed by atoms with Crippen LogP contribution in [0.15, 0.2) is 0 Å². The number of aliphatic hydroxyl groups is 3. The topological polar surface area (TPSA) is 248 Å². The molecule has 2 aliphatic rings. The van der Waals surface area contributed by atoms with Gasteiger partial charge in [-0.15, -0.1) is 0 Å². The van der Waals surface area contributed by atoms with Crippen LogP contribution < -0.4 is 0 Å². The van der Waals surface area contributed by atoms with Gasteiger partial charge in [0.05, 0.1) is 26.4 Å². The smallest absolute Gasteiger partial charge is 0.388 e. The largest absolute Gasteiger partial charge is 0.481 e. The van der Waals surface area contributed by atoms with Gasteiger partial charge in [-0.05, 0) is 0 Å². The van der Waals surface area contributed by atoms with Crippen LogP contribution in [0.25, 0.3) is 0 Å². The van der Waals surface area contributed by atoms with E-state index >= 15 is 0 Å². The zero-order valence-electron chi connectivity index (χ0n) is 14.4. The summed E-state index contributed by atoms with van der Waals surface area (Å²) >= 11 is 0. The van der Waals surface area contributed by atoms with Gasteiger partial charge in [0.15, 0.2) is 0 Å². The molecular weight excluding hydrogens is 469 g/mol. The van der Waals surface area contributed by atoms with E-state index in [1.807, 2.05) is 0 Å². The molecule has 2 saturated heterocycles. The normalized spacial score (nSPS) is 37.3. The highest BCUT2D eigenvalue weighted by molar-refractivity contribution is 7.61. The Bertz CT molecular complexity index is 694. The van der Waals surface area contributed by atoms with Gasteiger partial charge in [-0.2, -0.15) is 4.31 Å². The molecule has 0 aromatic rings. The molecule has 0 aromatic heterocycles. The summed E-state index contributed by atoms with van der Waals surface area (Å²) in [5, 5.41) is 28.4. The lowest BCUT2D eigenvalue weighted by molar-refractivity contribution is -0.0109. The Morgan fingerprint density at radius 1 is 0.793 bits per heavy atom. The van der Waals surface area contributed by atoms with Gasteiger partial charge in [0.25, 0.3) is 0 Å². The van der Waals surface area contributed by atoms with Crippen molar-refractivity contribution in [2.45, 2.75) is 36.6 Å². The van der Waals surface area contributed by atoms with Gasteiger partial charge in [-0.3, -0.25) is 13.6 Å². The molecule has 0 spiro atoms. The van der Waals surface area contributed by atoms with Gasteiger partial charge in [-0.1, -0.05) is 0 Å². The molecule has 0 radical (unpaired) electrons. The van der Waals surface area contributed by atoms with E-state index in [9.17, 15) is 38.8 Å². The lowest BCUT2D eigenvalue weighted by Crippen LogP contribution is -2.35. The van der Waals surface area contributed by atoms with E-state index in [-0.39, 0.29) is 6.61 Å². The quantitative estimate of drug-likeness (QED) is 0.158. The lowest BCUT2D eigenvalue weighted by atomic mass is 10.2. The first-order valence-corrected chi connectivity index (χ1v) is 12.4. The first-order valence-electron chi connectivity index (χ1n) is 7.86. The van der Waals surface area contributed by atoms with E-state index in [0.717, 1.165) is 0 Å². The van der Waals surface area contributed by atoms with Crippen LogP contribution in [0.5, 0.6) is 0 Å². The van der Waals surface area contributed by atoms with Gasteiger partial charge in [0.1, 0.15) is 36.6 Å². The Kier molecular flexibility index (Phi) is 8.55. The molecule has 0 saturated carbocycles. The maximum absolute atomic E-state index is 11.8. The third kappa shape index (κ3) is 7.98. The molecule has 172 valence electrons. The van der Waals surface area contributed by atoms with Crippen LogP contribution in [0.2, 0.25) is 0 Å². The Balaban J connectivity index is 1.86. The van der Waals surface area contributed by atoms with Crippen LogP contribution in [-0.2, 0) is 41.1 Å². The fourth-order valence-corrected chi connectivity index (χ4v) is 5.11. The van der Waals surface area contributed by atoms with E-state index in [2.05, 4.69) is 17.9 Å². The molecule has 19 heteroatoms. The molecule has 2 rings (SSSR count). The fraction of sp³-hybridized carbons (Fsp3) is 1.00. The van der Waals surface area contributed by atoms with Crippen molar-refractivity contribution in [3.63, 3.8) is 0 Å². The summed E-state index contributed by atoms with van der Waals surface area (Å²) < 4.78 is 61.5. The third-order valence-electron chi connectivity index (χ3n) is 3.75. The van der Waals surface area contributed by atoms with Crippen molar-refractivity contribution in [2.75, 3.05) is 26.4 Å².